The van der Waals surface area contributed by atoms with E-state index in [0.29, 0.717) is 0 Å². The van der Waals surface area contributed by atoms with E-state index in [-0.39, 0.29) is 12.5 Å². The average Bonchev–Trinajstić information content (AvgIpc) is 2.30. The van der Waals surface area contributed by atoms with Gasteiger partial charge in [0.25, 0.3) is 0 Å². The normalized spacial score (nSPS) is 13.8. The van der Waals surface area contributed by atoms with Gasteiger partial charge in [0.05, 0.1) is 6.10 Å². The number of ether oxygens (including phenoxy) is 1. The third kappa shape index (κ3) is 12.2. The summed E-state index contributed by atoms with van der Waals surface area (Å²) in [4.78, 5) is 0. The third-order valence-corrected chi connectivity index (χ3v) is 3.21. The predicted molar refractivity (Wildman–Crippen MR) is 68.7 cm³/mol. The van der Waals surface area contributed by atoms with Gasteiger partial charge in [0.2, 0.25) is 0 Å². The van der Waals surface area contributed by atoms with E-state index < -0.39 is 12.6 Å². The molecule has 18 heavy (non-hydrogen) atoms. The molecule has 0 aromatic rings. The van der Waals surface area contributed by atoms with Crippen LogP contribution in [0, 0.1) is 0 Å². The van der Waals surface area contributed by atoms with Crippen LogP contribution in [0.2, 0.25) is 0 Å². The number of hydrogen-bond donors (Lipinski definition) is 0. The summed E-state index contributed by atoms with van der Waals surface area (Å²) in [6, 6.07) is 0. The molecule has 0 aromatic heterocycles. The monoisotopic (exact) mass is 268 g/mol. The van der Waals surface area contributed by atoms with Crippen molar-refractivity contribution in [2.45, 2.75) is 83.4 Å². The molecule has 110 valence electrons. The van der Waals surface area contributed by atoms with Gasteiger partial charge in [0, 0.05) is 13.5 Å². The van der Waals surface area contributed by atoms with Gasteiger partial charge in [0.1, 0.15) is 0 Å². The van der Waals surface area contributed by atoms with E-state index in [1.165, 1.54) is 39.2 Å². The van der Waals surface area contributed by atoms with Gasteiger partial charge in [-0.2, -0.15) is 13.2 Å². The van der Waals surface area contributed by atoms with Crippen LogP contribution >= 0.6 is 0 Å². The Balaban J connectivity index is 3.44. The maximum Gasteiger partial charge on any atom is 0.389 e. The molecule has 1 unspecified atom stereocenters. The molecule has 1 atom stereocenters. The lowest BCUT2D eigenvalue weighted by atomic mass is 10.0. The van der Waals surface area contributed by atoms with Crippen molar-refractivity contribution in [3.63, 3.8) is 0 Å². The minimum absolute atomic E-state index is 0.0931. The zero-order valence-electron chi connectivity index (χ0n) is 11.7. The second kappa shape index (κ2) is 10.7. The van der Waals surface area contributed by atoms with Crippen molar-refractivity contribution in [1.29, 1.82) is 0 Å². The van der Waals surface area contributed by atoms with Gasteiger partial charge >= 0.3 is 6.18 Å². The second-order valence-corrected chi connectivity index (χ2v) is 4.92. The average molecular weight is 268 g/mol. The molecule has 0 N–H and O–H groups in total. The van der Waals surface area contributed by atoms with Crippen LogP contribution in [0.15, 0.2) is 0 Å². The third-order valence-electron chi connectivity index (χ3n) is 3.21. The van der Waals surface area contributed by atoms with Crippen LogP contribution in [-0.4, -0.2) is 19.4 Å². The number of hydrogen-bond acceptors (Lipinski definition) is 1. The summed E-state index contributed by atoms with van der Waals surface area (Å²) in [5.41, 5.74) is 0. The zero-order chi connectivity index (χ0) is 13.9. The van der Waals surface area contributed by atoms with Gasteiger partial charge in [0.15, 0.2) is 0 Å². The fourth-order valence-electron chi connectivity index (χ4n) is 2.03. The molecule has 0 amide bonds. The molecule has 0 saturated carbocycles. The molecule has 0 aliphatic rings. The summed E-state index contributed by atoms with van der Waals surface area (Å²) in [6.07, 6.45) is 4.13. The molecule has 0 aliphatic heterocycles. The summed E-state index contributed by atoms with van der Waals surface area (Å²) < 4.78 is 41.3. The molecule has 0 bridgehead atoms. The number of alkyl halides is 3. The Bertz CT molecular complexity index is 180. The van der Waals surface area contributed by atoms with E-state index in [9.17, 15) is 13.2 Å². The number of unbranched alkanes of at least 4 members (excludes halogenated alkanes) is 6. The maximum absolute atomic E-state index is 12.1. The summed E-state index contributed by atoms with van der Waals surface area (Å²) in [7, 11) is 1.50. The predicted octanol–water partition coefficient (Wildman–Crippen LogP) is 5.48. The van der Waals surface area contributed by atoms with Crippen LogP contribution in [0.4, 0.5) is 13.2 Å². The van der Waals surface area contributed by atoms with Crippen LogP contribution in [0.5, 0.6) is 0 Å². The van der Waals surface area contributed by atoms with E-state index in [1.807, 2.05) is 0 Å². The number of methoxy groups -OCH3 is 1. The standard InChI is InChI=1S/C14H27F3O/c1-3-4-5-6-7-8-9-10-13(18-2)11-12-14(15,16)17/h13H,3-12H2,1-2H3. The Morgan fingerprint density at radius 3 is 1.94 bits per heavy atom. The Morgan fingerprint density at radius 2 is 1.44 bits per heavy atom. The molecule has 0 radical (unpaired) electrons. The number of halogens is 3. The van der Waals surface area contributed by atoms with Crippen molar-refractivity contribution in [3.05, 3.63) is 0 Å². The highest BCUT2D eigenvalue weighted by atomic mass is 19.4. The van der Waals surface area contributed by atoms with E-state index in [4.69, 9.17) is 4.74 Å². The fraction of sp³-hybridized carbons (Fsp3) is 1.00. The van der Waals surface area contributed by atoms with E-state index in [2.05, 4.69) is 6.92 Å². The molecule has 0 aliphatic carbocycles. The lowest BCUT2D eigenvalue weighted by Crippen LogP contribution is -2.16. The van der Waals surface area contributed by atoms with Crippen molar-refractivity contribution in [1.82, 2.24) is 0 Å². The topological polar surface area (TPSA) is 9.23 Å². The molecule has 0 saturated heterocycles. The van der Waals surface area contributed by atoms with Gasteiger partial charge in [-0.25, -0.2) is 0 Å². The van der Waals surface area contributed by atoms with Gasteiger partial charge in [-0.15, -0.1) is 0 Å². The first kappa shape index (κ1) is 17.8. The lowest BCUT2D eigenvalue weighted by molar-refractivity contribution is -0.141. The molecule has 0 aromatic carbocycles. The van der Waals surface area contributed by atoms with Crippen molar-refractivity contribution < 1.29 is 17.9 Å². The summed E-state index contributed by atoms with van der Waals surface area (Å²) in [5, 5.41) is 0. The van der Waals surface area contributed by atoms with Gasteiger partial charge < -0.3 is 4.74 Å². The van der Waals surface area contributed by atoms with Crippen molar-refractivity contribution >= 4 is 0 Å². The van der Waals surface area contributed by atoms with E-state index in [1.54, 1.807) is 0 Å². The fourth-order valence-corrected chi connectivity index (χ4v) is 2.03. The molecular weight excluding hydrogens is 241 g/mol. The van der Waals surface area contributed by atoms with Gasteiger partial charge in [-0.3, -0.25) is 0 Å². The highest BCUT2D eigenvalue weighted by Gasteiger charge is 2.28. The smallest absolute Gasteiger partial charge is 0.381 e. The minimum atomic E-state index is -4.06. The summed E-state index contributed by atoms with van der Waals surface area (Å²) in [6.45, 7) is 2.18. The largest absolute Gasteiger partial charge is 0.389 e. The maximum atomic E-state index is 12.1. The van der Waals surface area contributed by atoms with Gasteiger partial charge in [-0.05, 0) is 12.8 Å². The lowest BCUT2D eigenvalue weighted by Gasteiger charge is -2.16. The zero-order valence-corrected chi connectivity index (χ0v) is 11.7. The molecule has 1 nitrogen and oxygen atoms in total. The Morgan fingerprint density at radius 1 is 0.889 bits per heavy atom. The molecule has 0 heterocycles. The molecule has 0 spiro atoms. The first-order chi connectivity index (χ1) is 8.49. The van der Waals surface area contributed by atoms with Crippen molar-refractivity contribution in [2.75, 3.05) is 7.11 Å². The Kier molecular flexibility index (Phi) is 10.5. The van der Waals surface area contributed by atoms with E-state index in [0.717, 1.165) is 19.3 Å². The van der Waals surface area contributed by atoms with Crippen LogP contribution in [0.1, 0.15) is 71.1 Å². The molecular formula is C14H27F3O. The van der Waals surface area contributed by atoms with Crippen LogP contribution in [0.25, 0.3) is 0 Å². The van der Waals surface area contributed by atoms with E-state index >= 15 is 0 Å². The summed E-state index contributed by atoms with van der Waals surface area (Å²) in [5.74, 6) is 0. The molecule has 4 heteroatoms. The SMILES string of the molecule is CCCCCCCCCC(CCC(F)(F)F)OC. The number of rotatable bonds is 11. The first-order valence-corrected chi connectivity index (χ1v) is 7.09. The highest BCUT2D eigenvalue weighted by Crippen LogP contribution is 2.24. The van der Waals surface area contributed by atoms with Gasteiger partial charge in [-0.1, -0.05) is 51.9 Å². The van der Waals surface area contributed by atoms with Crippen molar-refractivity contribution in [3.8, 4) is 0 Å². The summed E-state index contributed by atoms with van der Waals surface area (Å²) >= 11 is 0. The second-order valence-electron chi connectivity index (χ2n) is 4.92. The first-order valence-electron chi connectivity index (χ1n) is 7.09. The van der Waals surface area contributed by atoms with Crippen LogP contribution in [-0.2, 0) is 4.74 Å². The minimum Gasteiger partial charge on any atom is -0.381 e. The quantitative estimate of drug-likeness (QED) is 0.450. The molecule has 0 fully saturated rings. The Labute approximate surface area is 109 Å². The van der Waals surface area contributed by atoms with Crippen molar-refractivity contribution in [2.24, 2.45) is 0 Å². The Hall–Kier alpha value is -0.250. The van der Waals surface area contributed by atoms with Crippen LogP contribution < -0.4 is 0 Å². The molecule has 0 rings (SSSR count). The van der Waals surface area contributed by atoms with Crippen LogP contribution in [0.3, 0.4) is 0 Å². The highest BCUT2D eigenvalue weighted by molar-refractivity contribution is 4.62.